The molecular formula is C12H24O2Si. The molecule has 1 aliphatic heterocycles. The Morgan fingerprint density at radius 2 is 1.80 bits per heavy atom. The highest BCUT2D eigenvalue weighted by Crippen LogP contribution is 2.41. The molecule has 0 N–H and O–H groups in total. The molecule has 0 aromatic heterocycles. The van der Waals surface area contributed by atoms with Gasteiger partial charge in [-0.15, -0.1) is 0 Å². The van der Waals surface area contributed by atoms with Crippen LogP contribution in [0.4, 0.5) is 0 Å². The van der Waals surface area contributed by atoms with Gasteiger partial charge in [0.05, 0.1) is 6.26 Å². The van der Waals surface area contributed by atoms with E-state index in [0.29, 0.717) is 0 Å². The summed E-state index contributed by atoms with van der Waals surface area (Å²) in [6.45, 7) is 15.5. The second kappa shape index (κ2) is 3.63. The lowest BCUT2D eigenvalue weighted by Gasteiger charge is -2.40. The minimum atomic E-state index is -1.72. The average molecular weight is 228 g/mol. The molecule has 1 aliphatic rings. The molecule has 15 heavy (non-hydrogen) atoms. The molecule has 2 nitrogen and oxygen atoms in total. The van der Waals surface area contributed by atoms with Crippen molar-refractivity contribution in [1.82, 2.24) is 0 Å². The lowest BCUT2D eigenvalue weighted by molar-refractivity contribution is -0.0782. The van der Waals surface area contributed by atoms with E-state index >= 15 is 0 Å². The van der Waals surface area contributed by atoms with Crippen LogP contribution in [0.15, 0.2) is 12.3 Å². The van der Waals surface area contributed by atoms with Crippen LogP contribution in [0.3, 0.4) is 0 Å². The molecule has 0 aromatic rings. The predicted molar refractivity (Wildman–Crippen MR) is 66.1 cm³/mol. The van der Waals surface area contributed by atoms with Gasteiger partial charge in [-0.05, 0) is 24.2 Å². The van der Waals surface area contributed by atoms with Crippen LogP contribution < -0.4 is 0 Å². The number of ether oxygens (including phenoxy) is 1. The average Bonchev–Trinajstić information content (AvgIpc) is 2.27. The van der Waals surface area contributed by atoms with E-state index in [-0.39, 0.29) is 16.7 Å². The first-order valence-electron chi connectivity index (χ1n) is 5.57. The van der Waals surface area contributed by atoms with Crippen LogP contribution in [-0.4, -0.2) is 14.6 Å². The van der Waals surface area contributed by atoms with Gasteiger partial charge in [-0.2, -0.15) is 0 Å². The molecule has 0 radical (unpaired) electrons. The number of hydrogen-bond donors (Lipinski definition) is 0. The summed E-state index contributed by atoms with van der Waals surface area (Å²) in [4.78, 5) is 0. The van der Waals surface area contributed by atoms with E-state index in [2.05, 4.69) is 53.8 Å². The SMILES string of the molecule is CC1(C)C=CO[C@H]1O[Si](C)(C)C(C)(C)C. The van der Waals surface area contributed by atoms with Crippen molar-refractivity contribution >= 4 is 8.32 Å². The summed E-state index contributed by atoms with van der Waals surface area (Å²) >= 11 is 0. The first kappa shape index (κ1) is 12.8. The van der Waals surface area contributed by atoms with Gasteiger partial charge in [-0.3, -0.25) is 0 Å². The molecule has 0 amide bonds. The van der Waals surface area contributed by atoms with Crippen LogP contribution in [0, 0.1) is 5.41 Å². The van der Waals surface area contributed by atoms with Crippen molar-refractivity contribution in [2.24, 2.45) is 5.41 Å². The molecule has 88 valence electrons. The first-order valence-corrected chi connectivity index (χ1v) is 8.48. The van der Waals surface area contributed by atoms with E-state index in [1.165, 1.54) is 0 Å². The van der Waals surface area contributed by atoms with E-state index in [9.17, 15) is 0 Å². The largest absolute Gasteiger partial charge is 0.473 e. The highest BCUT2D eigenvalue weighted by molar-refractivity contribution is 6.74. The standard InChI is InChI=1S/C12H24O2Si/c1-11(2,3)15(6,7)14-10-12(4,5)8-9-13-10/h8-10H,1-7H3/t10-/m0/s1. The molecule has 1 atom stereocenters. The van der Waals surface area contributed by atoms with Crippen LogP contribution in [0.1, 0.15) is 34.6 Å². The highest BCUT2D eigenvalue weighted by Gasteiger charge is 2.44. The zero-order valence-electron chi connectivity index (χ0n) is 11.0. The Hall–Kier alpha value is -0.283. The second-order valence-corrected chi connectivity index (χ2v) is 11.2. The van der Waals surface area contributed by atoms with Crippen LogP contribution >= 0.6 is 0 Å². The lowest BCUT2D eigenvalue weighted by Crippen LogP contribution is -2.46. The zero-order valence-corrected chi connectivity index (χ0v) is 12.0. The molecule has 0 aromatic carbocycles. The summed E-state index contributed by atoms with van der Waals surface area (Å²) in [6, 6.07) is 0. The van der Waals surface area contributed by atoms with E-state index in [1.807, 2.05) is 0 Å². The van der Waals surface area contributed by atoms with Gasteiger partial charge in [0.15, 0.2) is 14.6 Å². The minimum Gasteiger partial charge on any atom is -0.473 e. The molecule has 0 aliphatic carbocycles. The molecule has 0 spiro atoms. The third kappa shape index (κ3) is 2.64. The van der Waals surface area contributed by atoms with Gasteiger partial charge in [0.2, 0.25) is 0 Å². The minimum absolute atomic E-state index is 0.00444. The van der Waals surface area contributed by atoms with Crippen molar-refractivity contribution < 1.29 is 9.16 Å². The monoisotopic (exact) mass is 228 g/mol. The highest BCUT2D eigenvalue weighted by atomic mass is 28.4. The van der Waals surface area contributed by atoms with Crippen LogP contribution in [0.5, 0.6) is 0 Å². The fraction of sp³-hybridized carbons (Fsp3) is 0.833. The van der Waals surface area contributed by atoms with E-state index in [4.69, 9.17) is 9.16 Å². The van der Waals surface area contributed by atoms with Crippen molar-refractivity contribution in [2.45, 2.75) is 59.0 Å². The van der Waals surface area contributed by atoms with Gasteiger partial charge in [-0.1, -0.05) is 34.6 Å². The Bertz CT molecular complexity index is 261. The van der Waals surface area contributed by atoms with Crippen LogP contribution in [0.2, 0.25) is 18.1 Å². The quantitative estimate of drug-likeness (QED) is 0.667. The Labute approximate surface area is 94.8 Å². The summed E-state index contributed by atoms with van der Waals surface area (Å²) in [5.41, 5.74) is -0.00444. The topological polar surface area (TPSA) is 18.5 Å². The van der Waals surface area contributed by atoms with Crippen LogP contribution in [-0.2, 0) is 9.16 Å². The summed E-state index contributed by atoms with van der Waals surface area (Å²) in [7, 11) is -1.72. The summed E-state index contributed by atoms with van der Waals surface area (Å²) in [5.74, 6) is 0. The van der Waals surface area contributed by atoms with E-state index in [0.717, 1.165) is 0 Å². The summed E-state index contributed by atoms with van der Waals surface area (Å²) < 4.78 is 11.8. The van der Waals surface area contributed by atoms with Gasteiger partial charge >= 0.3 is 0 Å². The molecule has 0 bridgehead atoms. The van der Waals surface area contributed by atoms with Crippen molar-refractivity contribution in [3.05, 3.63) is 12.3 Å². The number of rotatable bonds is 2. The third-order valence-corrected chi connectivity index (χ3v) is 7.93. The normalized spacial score (nSPS) is 25.4. The first-order chi connectivity index (χ1) is 6.56. The second-order valence-electron chi connectivity index (χ2n) is 6.47. The van der Waals surface area contributed by atoms with Crippen molar-refractivity contribution in [2.75, 3.05) is 0 Å². The fourth-order valence-corrected chi connectivity index (χ4v) is 2.41. The van der Waals surface area contributed by atoms with Crippen molar-refractivity contribution in [3.8, 4) is 0 Å². The summed E-state index contributed by atoms with van der Waals surface area (Å²) in [6.07, 6.45) is 3.72. The van der Waals surface area contributed by atoms with Crippen molar-refractivity contribution in [3.63, 3.8) is 0 Å². The molecule has 3 heteroatoms. The predicted octanol–water partition coefficient (Wildman–Crippen LogP) is 3.90. The third-order valence-electron chi connectivity index (χ3n) is 3.52. The maximum Gasteiger partial charge on any atom is 0.198 e. The Balaban J connectivity index is 2.71. The van der Waals surface area contributed by atoms with Gasteiger partial charge < -0.3 is 9.16 Å². The maximum absolute atomic E-state index is 6.23. The molecule has 0 fully saturated rings. The van der Waals surface area contributed by atoms with Crippen LogP contribution in [0.25, 0.3) is 0 Å². The molecule has 0 unspecified atom stereocenters. The number of hydrogen-bond acceptors (Lipinski definition) is 2. The molecule has 1 heterocycles. The fourth-order valence-electron chi connectivity index (χ4n) is 1.16. The smallest absolute Gasteiger partial charge is 0.198 e. The Kier molecular flexibility index (Phi) is 3.09. The van der Waals surface area contributed by atoms with E-state index in [1.54, 1.807) is 6.26 Å². The molecule has 0 saturated carbocycles. The zero-order chi connectivity index (χ0) is 11.9. The van der Waals surface area contributed by atoms with Crippen molar-refractivity contribution in [1.29, 1.82) is 0 Å². The molecule has 1 rings (SSSR count). The Morgan fingerprint density at radius 3 is 2.13 bits per heavy atom. The van der Waals surface area contributed by atoms with Gasteiger partial charge in [0.25, 0.3) is 0 Å². The van der Waals surface area contributed by atoms with Gasteiger partial charge in [0, 0.05) is 5.41 Å². The van der Waals surface area contributed by atoms with Gasteiger partial charge in [0.1, 0.15) is 0 Å². The van der Waals surface area contributed by atoms with E-state index < -0.39 is 8.32 Å². The Morgan fingerprint density at radius 1 is 1.27 bits per heavy atom. The maximum atomic E-state index is 6.23. The molecular weight excluding hydrogens is 204 g/mol. The van der Waals surface area contributed by atoms with Gasteiger partial charge in [-0.25, -0.2) is 0 Å². The lowest BCUT2D eigenvalue weighted by atomic mass is 9.95. The molecule has 0 saturated heterocycles. The summed E-state index contributed by atoms with van der Waals surface area (Å²) in [5, 5.41) is 0.231.